The highest BCUT2D eigenvalue weighted by molar-refractivity contribution is 9.10. The number of esters is 1. The van der Waals surface area contributed by atoms with Crippen LogP contribution >= 0.6 is 15.9 Å². The lowest BCUT2D eigenvalue weighted by Crippen LogP contribution is -2.54. The van der Waals surface area contributed by atoms with Gasteiger partial charge in [0.2, 0.25) is 0 Å². The van der Waals surface area contributed by atoms with Crippen LogP contribution in [0.4, 0.5) is 10.5 Å². The highest BCUT2D eigenvalue weighted by atomic mass is 79.9. The Kier molecular flexibility index (Phi) is 8.06. The van der Waals surface area contributed by atoms with Crippen molar-refractivity contribution in [1.29, 1.82) is 0 Å². The quantitative estimate of drug-likeness (QED) is 0.315. The summed E-state index contributed by atoms with van der Waals surface area (Å²) in [6.45, 7) is 3.60. The van der Waals surface area contributed by atoms with Gasteiger partial charge in [0.1, 0.15) is 5.57 Å². The number of benzene rings is 2. The van der Waals surface area contributed by atoms with Gasteiger partial charge < -0.3 is 14.2 Å². The molecule has 0 atom stereocenters. The van der Waals surface area contributed by atoms with Crippen molar-refractivity contribution in [2.75, 3.05) is 25.2 Å². The summed E-state index contributed by atoms with van der Waals surface area (Å²) in [7, 11) is 1.41. The standard InChI is InChI=1S/C24H23BrN2O7/c1-4-14-6-8-16(9-7-14)27-23(30)17(22(29)26-24(27)31)10-15-11-19(32-3)20(12-18(15)25)34-13-21(28)33-5-2/h6-12H,4-5,13H2,1-3H3,(H,26,29,31)/b17-10-. The number of ether oxygens (including phenoxy) is 3. The number of imide groups is 2. The van der Waals surface area contributed by atoms with Gasteiger partial charge in [0.05, 0.1) is 19.4 Å². The summed E-state index contributed by atoms with van der Waals surface area (Å²) < 4.78 is 16.1. The fraction of sp³-hybridized carbons (Fsp3) is 0.250. The summed E-state index contributed by atoms with van der Waals surface area (Å²) in [4.78, 5) is 50.5. The molecule has 2 aromatic rings. The molecule has 0 radical (unpaired) electrons. The van der Waals surface area contributed by atoms with E-state index in [9.17, 15) is 19.2 Å². The van der Waals surface area contributed by atoms with Crippen molar-refractivity contribution in [3.8, 4) is 11.5 Å². The van der Waals surface area contributed by atoms with E-state index in [1.807, 2.05) is 19.1 Å². The number of hydrogen-bond acceptors (Lipinski definition) is 7. The number of hydrogen-bond donors (Lipinski definition) is 1. The van der Waals surface area contributed by atoms with Crippen LogP contribution in [0.5, 0.6) is 11.5 Å². The number of nitrogens with one attached hydrogen (secondary N) is 1. The molecule has 34 heavy (non-hydrogen) atoms. The van der Waals surface area contributed by atoms with Crippen molar-refractivity contribution in [3.05, 3.63) is 57.6 Å². The molecule has 1 aliphatic heterocycles. The normalized spacial score (nSPS) is 14.8. The molecule has 4 amide bonds. The van der Waals surface area contributed by atoms with Crippen molar-refractivity contribution < 1.29 is 33.4 Å². The summed E-state index contributed by atoms with van der Waals surface area (Å²) in [5.74, 6) is -1.58. The Morgan fingerprint density at radius 3 is 2.41 bits per heavy atom. The highest BCUT2D eigenvalue weighted by Gasteiger charge is 2.37. The molecule has 0 spiro atoms. The number of carbonyl (C=O) groups is 4. The average Bonchev–Trinajstić information content (AvgIpc) is 2.81. The SMILES string of the molecule is CCOC(=O)COc1cc(Br)c(/C=C2/C(=O)NC(=O)N(c3ccc(CC)cc3)C2=O)cc1OC. The molecule has 1 N–H and O–H groups in total. The van der Waals surface area contributed by atoms with E-state index < -0.39 is 23.8 Å². The Morgan fingerprint density at radius 1 is 1.09 bits per heavy atom. The second-order valence-electron chi connectivity index (χ2n) is 7.10. The lowest BCUT2D eigenvalue weighted by Gasteiger charge is -2.26. The van der Waals surface area contributed by atoms with Crippen LogP contribution in [0.3, 0.4) is 0 Å². The van der Waals surface area contributed by atoms with Crippen molar-refractivity contribution in [2.24, 2.45) is 0 Å². The fourth-order valence-corrected chi connectivity index (χ4v) is 3.64. The van der Waals surface area contributed by atoms with E-state index in [2.05, 4.69) is 21.2 Å². The zero-order valence-corrected chi connectivity index (χ0v) is 20.4. The van der Waals surface area contributed by atoms with Crippen LogP contribution < -0.4 is 19.7 Å². The third kappa shape index (κ3) is 5.45. The van der Waals surface area contributed by atoms with Gasteiger partial charge >= 0.3 is 12.0 Å². The number of amides is 4. The number of anilines is 1. The molecule has 0 aliphatic carbocycles. The third-order valence-electron chi connectivity index (χ3n) is 4.94. The number of halogens is 1. The predicted octanol–water partition coefficient (Wildman–Crippen LogP) is 3.63. The molecule has 1 fully saturated rings. The first-order valence-electron chi connectivity index (χ1n) is 10.4. The van der Waals surface area contributed by atoms with Crippen LogP contribution in [-0.4, -0.2) is 44.1 Å². The smallest absolute Gasteiger partial charge is 0.344 e. The Morgan fingerprint density at radius 2 is 1.79 bits per heavy atom. The number of methoxy groups -OCH3 is 1. The Balaban J connectivity index is 1.93. The Hall–Kier alpha value is -3.66. The minimum Gasteiger partial charge on any atom is -0.493 e. The minimum atomic E-state index is -0.823. The topological polar surface area (TPSA) is 111 Å². The summed E-state index contributed by atoms with van der Waals surface area (Å²) >= 11 is 3.38. The van der Waals surface area contributed by atoms with Gasteiger partial charge in [-0.1, -0.05) is 35.0 Å². The molecule has 0 unspecified atom stereocenters. The van der Waals surface area contributed by atoms with Crippen molar-refractivity contribution in [3.63, 3.8) is 0 Å². The maximum absolute atomic E-state index is 13.1. The van der Waals surface area contributed by atoms with Crippen molar-refractivity contribution >= 4 is 51.5 Å². The molecule has 0 bridgehead atoms. The number of barbiturate groups is 1. The van der Waals surface area contributed by atoms with Crippen molar-refractivity contribution in [1.82, 2.24) is 5.32 Å². The molecule has 178 valence electrons. The second-order valence-corrected chi connectivity index (χ2v) is 7.95. The van der Waals surface area contributed by atoms with Crippen LogP contribution in [0.1, 0.15) is 25.0 Å². The van der Waals surface area contributed by atoms with Crippen molar-refractivity contribution in [2.45, 2.75) is 20.3 Å². The monoisotopic (exact) mass is 530 g/mol. The van der Waals surface area contributed by atoms with Gasteiger partial charge in [-0.3, -0.25) is 14.9 Å². The zero-order chi connectivity index (χ0) is 24.8. The van der Waals surface area contributed by atoms with E-state index in [0.717, 1.165) is 16.9 Å². The van der Waals surface area contributed by atoms with Gasteiger partial charge in [-0.25, -0.2) is 14.5 Å². The summed E-state index contributed by atoms with van der Waals surface area (Å²) in [6.07, 6.45) is 2.15. The minimum absolute atomic E-state index is 0.230. The van der Waals surface area contributed by atoms with Gasteiger partial charge in [-0.15, -0.1) is 0 Å². The molecule has 0 aromatic heterocycles. The van der Waals surface area contributed by atoms with E-state index >= 15 is 0 Å². The Bertz CT molecular complexity index is 1160. The van der Waals surface area contributed by atoms with E-state index in [1.165, 1.54) is 19.3 Å². The van der Waals surface area contributed by atoms with Crippen LogP contribution in [-0.2, 0) is 25.5 Å². The lowest BCUT2D eigenvalue weighted by atomic mass is 10.1. The first kappa shape index (κ1) is 25.0. The van der Waals surface area contributed by atoms with E-state index in [4.69, 9.17) is 14.2 Å². The maximum atomic E-state index is 13.1. The van der Waals surface area contributed by atoms with Gasteiger partial charge in [-0.2, -0.15) is 0 Å². The third-order valence-corrected chi connectivity index (χ3v) is 5.62. The van der Waals surface area contributed by atoms with Crippen LogP contribution in [0.2, 0.25) is 0 Å². The molecule has 0 saturated carbocycles. The second kappa shape index (κ2) is 11.0. The van der Waals surface area contributed by atoms with Gasteiger partial charge in [0.25, 0.3) is 11.8 Å². The molecule has 3 rings (SSSR count). The number of rotatable bonds is 8. The maximum Gasteiger partial charge on any atom is 0.344 e. The summed E-state index contributed by atoms with van der Waals surface area (Å²) in [5.41, 5.74) is 1.58. The van der Waals surface area contributed by atoms with E-state index in [-0.39, 0.29) is 30.3 Å². The lowest BCUT2D eigenvalue weighted by molar-refractivity contribution is -0.145. The molecule has 1 heterocycles. The van der Waals surface area contributed by atoms with Crippen LogP contribution in [0.15, 0.2) is 46.4 Å². The van der Waals surface area contributed by atoms with Gasteiger partial charge in [0, 0.05) is 4.47 Å². The largest absolute Gasteiger partial charge is 0.493 e. The average molecular weight is 531 g/mol. The predicted molar refractivity (Wildman–Crippen MR) is 128 cm³/mol. The molecular weight excluding hydrogens is 508 g/mol. The first-order valence-corrected chi connectivity index (χ1v) is 11.2. The highest BCUT2D eigenvalue weighted by Crippen LogP contribution is 2.35. The van der Waals surface area contributed by atoms with E-state index in [0.29, 0.717) is 15.7 Å². The first-order chi connectivity index (χ1) is 16.3. The molecular formula is C24H23BrN2O7. The molecule has 1 saturated heterocycles. The molecule has 9 nitrogen and oxygen atoms in total. The fourth-order valence-electron chi connectivity index (χ4n) is 3.20. The number of nitrogens with zero attached hydrogens (tertiary/aromatic N) is 1. The van der Waals surface area contributed by atoms with Gasteiger partial charge in [-0.05, 0) is 54.8 Å². The summed E-state index contributed by atoms with van der Waals surface area (Å²) in [6, 6.07) is 9.18. The summed E-state index contributed by atoms with van der Waals surface area (Å²) in [5, 5.41) is 2.20. The Labute approximate surface area is 204 Å². The molecule has 2 aromatic carbocycles. The van der Waals surface area contributed by atoms with E-state index in [1.54, 1.807) is 25.1 Å². The number of carbonyl (C=O) groups excluding carboxylic acids is 4. The van der Waals surface area contributed by atoms with Crippen LogP contribution in [0.25, 0.3) is 6.08 Å². The van der Waals surface area contributed by atoms with Crippen LogP contribution in [0, 0.1) is 0 Å². The zero-order valence-electron chi connectivity index (χ0n) is 18.8. The number of urea groups is 1. The van der Waals surface area contributed by atoms with Gasteiger partial charge in [0.15, 0.2) is 18.1 Å². The number of aryl methyl sites for hydroxylation is 1. The molecule has 1 aliphatic rings. The molecule has 10 heteroatoms.